The molecule has 0 radical (unpaired) electrons. The van der Waals surface area contributed by atoms with E-state index in [1.54, 1.807) is 4.57 Å². The molecular formula is C12H17ClF3N3. The molecule has 1 aliphatic rings. The molecule has 2 atom stereocenters. The van der Waals surface area contributed by atoms with Crippen LogP contribution in [0.25, 0.3) is 0 Å². The maximum absolute atomic E-state index is 13.1. The van der Waals surface area contributed by atoms with Crippen molar-refractivity contribution in [3.8, 4) is 0 Å². The van der Waals surface area contributed by atoms with Gasteiger partial charge in [0.1, 0.15) is 11.6 Å². The summed E-state index contributed by atoms with van der Waals surface area (Å²) in [6, 6.07) is 0. The van der Waals surface area contributed by atoms with Crippen molar-refractivity contribution in [3.05, 3.63) is 11.6 Å². The Hall–Kier alpha value is -0.780. The van der Waals surface area contributed by atoms with E-state index in [0.29, 0.717) is 31.0 Å². The molecule has 1 aromatic rings. The van der Waals surface area contributed by atoms with Gasteiger partial charge in [-0.3, -0.25) is 0 Å². The summed E-state index contributed by atoms with van der Waals surface area (Å²) in [6.45, 7) is 2.42. The Bertz CT molecular complexity index is 430. The van der Waals surface area contributed by atoms with Crippen LogP contribution in [0.5, 0.6) is 0 Å². The lowest BCUT2D eigenvalue weighted by Gasteiger charge is -2.32. The van der Waals surface area contributed by atoms with E-state index in [0.717, 1.165) is 6.42 Å². The summed E-state index contributed by atoms with van der Waals surface area (Å²) in [7, 11) is 0. The Balaban J connectivity index is 2.35. The summed E-state index contributed by atoms with van der Waals surface area (Å²) in [5.41, 5.74) is 0. The molecular weight excluding hydrogens is 279 g/mol. The molecule has 1 fully saturated rings. The standard InChI is InChI=1S/C12H17ClF3N3/c1-2-19-10(7-13)17-18-11(19)8-5-3-4-6-9(8)12(14,15)16/h8-9H,2-7H2,1H3. The van der Waals surface area contributed by atoms with Crippen molar-refractivity contribution in [1.82, 2.24) is 14.8 Å². The van der Waals surface area contributed by atoms with Gasteiger partial charge in [0.25, 0.3) is 0 Å². The Morgan fingerprint density at radius 1 is 1.26 bits per heavy atom. The fraction of sp³-hybridized carbons (Fsp3) is 0.833. The van der Waals surface area contributed by atoms with Crippen molar-refractivity contribution in [2.24, 2.45) is 5.92 Å². The lowest BCUT2D eigenvalue weighted by atomic mass is 9.78. The molecule has 7 heteroatoms. The third kappa shape index (κ3) is 2.88. The molecule has 1 heterocycles. The maximum atomic E-state index is 13.1. The van der Waals surface area contributed by atoms with Gasteiger partial charge >= 0.3 is 6.18 Å². The number of nitrogens with zero attached hydrogens (tertiary/aromatic N) is 3. The Morgan fingerprint density at radius 3 is 2.53 bits per heavy atom. The van der Waals surface area contributed by atoms with Crippen molar-refractivity contribution < 1.29 is 13.2 Å². The average Bonchev–Trinajstić information content (AvgIpc) is 2.80. The molecule has 3 nitrogen and oxygen atoms in total. The van der Waals surface area contributed by atoms with E-state index in [9.17, 15) is 13.2 Å². The summed E-state index contributed by atoms with van der Waals surface area (Å²) >= 11 is 5.74. The summed E-state index contributed by atoms with van der Waals surface area (Å²) in [5, 5.41) is 7.88. The van der Waals surface area contributed by atoms with Crippen molar-refractivity contribution in [2.75, 3.05) is 0 Å². The van der Waals surface area contributed by atoms with Crippen LogP contribution in [0.15, 0.2) is 0 Å². The lowest BCUT2D eigenvalue weighted by molar-refractivity contribution is -0.188. The first-order chi connectivity index (χ1) is 8.99. The molecule has 19 heavy (non-hydrogen) atoms. The van der Waals surface area contributed by atoms with Crippen LogP contribution in [-0.4, -0.2) is 20.9 Å². The number of rotatable bonds is 3. The first-order valence-corrected chi connectivity index (χ1v) is 7.07. The number of aromatic nitrogens is 3. The second-order valence-electron chi connectivity index (χ2n) is 4.89. The van der Waals surface area contributed by atoms with Crippen LogP contribution in [0.4, 0.5) is 13.2 Å². The van der Waals surface area contributed by atoms with E-state index in [1.165, 1.54) is 0 Å². The van der Waals surface area contributed by atoms with E-state index >= 15 is 0 Å². The van der Waals surface area contributed by atoms with Crippen LogP contribution >= 0.6 is 11.6 Å². The molecule has 0 aromatic carbocycles. The fourth-order valence-electron chi connectivity index (χ4n) is 2.90. The largest absolute Gasteiger partial charge is 0.392 e. The van der Waals surface area contributed by atoms with Crippen LogP contribution in [0.3, 0.4) is 0 Å². The zero-order valence-corrected chi connectivity index (χ0v) is 11.5. The normalized spacial score (nSPS) is 24.7. The number of alkyl halides is 4. The predicted molar refractivity (Wildman–Crippen MR) is 66.0 cm³/mol. The topological polar surface area (TPSA) is 30.7 Å². The molecule has 0 spiro atoms. The molecule has 108 valence electrons. The summed E-state index contributed by atoms with van der Waals surface area (Å²) in [5.74, 6) is -0.729. The van der Waals surface area contributed by atoms with Crippen molar-refractivity contribution >= 4 is 11.6 Å². The van der Waals surface area contributed by atoms with Crippen LogP contribution in [-0.2, 0) is 12.4 Å². The van der Waals surface area contributed by atoms with Gasteiger partial charge in [0.15, 0.2) is 0 Å². The quantitative estimate of drug-likeness (QED) is 0.793. The minimum atomic E-state index is -4.17. The zero-order chi connectivity index (χ0) is 14.0. The molecule has 1 aliphatic carbocycles. The van der Waals surface area contributed by atoms with E-state index in [2.05, 4.69) is 10.2 Å². The smallest absolute Gasteiger partial charge is 0.314 e. The predicted octanol–water partition coefficient (Wildman–Crippen LogP) is 3.87. The molecule has 1 aromatic heterocycles. The van der Waals surface area contributed by atoms with Crippen molar-refractivity contribution in [1.29, 1.82) is 0 Å². The summed E-state index contributed by atoms with van der Waals surface area (Å²) in [6.07, 6.45) is -2.03. The fourth-order valence-corrected chi connectivity index (χ4v) is 3.10. The third-order valence-electron chi connectivity index (χ3n) is 3.81. The highest BCUT2D eigenvalue weighted by Gasteiger charge is 2.47. The van der Waals surface area contributed by atoms with Gasteiger partial charge in [0, 0.05) is 12.5 Å². The Kier molecular flexibility index (Phi) is 4.38. The van der Waals surface area contributed by atoms with Gasteiger partial charge in [-0.2, -0.15) is 13.2 Å². The SMILES string of the molecule is CCn1c(CCl)nnc1C1CCCCC1C(F)(F)F. The maximum Gasteiger partial charge on any atom is 0.392 e. The second-order valence-corrected chi connectivity index (χ2v) is 5.16. The molecule has 0 amide bonds. The molecule has 2 rings (SSSR count). The number of halogens is 4. The molecule has 0 aliphatic heterocycles. The van der Waals surface area contributed by atoms with Crippen LogP contribution in [0.2, 0.25) is 0 Å². The van der Waals surface area contributed by atoms with Gasteiger partial charge in [0.2, 0.25) is 0 Å². The van der Waals surface area contributed by atoms with Crippen molar-refractivity contribution in [3.63, 3.8) is 0 Å². The monoisotopic (exact) mass is 295 g/mol. The summed E-state index contributed by atoms with van der Waals surface area (Å²) in [4.78, 5) is 0. The van der Waals surface area contributed by atoms with E-state index < -0.39 is 18.0 Å². The first-order valence-electron chi connectivity index (χ1n) is 6.53. The minimum absolute atomic E-state index is 0.171. The number of hydrogen-bond acceptors (Lipinski definition) is 2. The van der Waals surface area contributed by atoms with E-state index in [4.69, 9.17) is 11.6 Å². The van der Waals surface area contributed by atoms with Gasteiger partial charge in [-0.15, -0.1) is 21.8 Å². The Labute approximate surface area is 115 Å². The average molecular weight is 296 g/mol. The molecule has 0 N–H and O–H groups in total. The Morgan fingerprint density at radius 2 is 1.95 bits per heavy atom. The van der Waals surface area contributed by atoms with Crippen molar-refractivity contribution in [2.45, 2.75) is 57.1 Å². The minimum Gasteiger partial charge on any atom is -0.314 e. The second kappa shape index (κ2) is 5.69. The van der Waals surface area contributed by atoms with E-state index in [1.807, 2.05) is 6.92 Å². The molecule has 2 unspecified atom stereocenters. The lowest BCUT2D eigenvalue weighted by Crippen LogP contribution is -2.33. The van der Waals surface area contributed by atoms with Gasteiger partial charge < -0.3 is 4.57 Å². The van der Waals surface area contributed by atoms with Gasteiger partial charge in [-0.1, -0.05) is 12.8 Å². The molecule has 0 bridgehead atoms. The highest BCUT2D eigenvalue weighted by molar-refractivity contribution is 6.16. The number of hydrogen-bond donors (Lipinski definition) is 0. The van der Waals surface area contributed by atoms with E-state index in [-0.39, 0.29) is 12.3 Å². The van der Waals surface area contributed by atoms with Crippen LogP contribution in [0, 0.1) is 5.92 Å². The molecule has 0 saturated heterocycles. The zero-order valence-electron chi connectivity index (χ0n) is 10.8. The first kappa shape index (κ1) is 14.6. The van der Waals surface area contributed by atoms with Crippen LogP contribution in [0.1, 0.15) is 50.2 Å². The highest BCUT2D eigenvalue weighted by atomic mass is 35.5. The summed E-state index contributed by atoms with van der Waals surface area (Å²) < 4.78 is 41.1. The van der Waals surface area contributed by atoms with Gasteiger partial charge in [-0.25, -0.2) is 0 Å². The highest BCUT2D eigenvalue weighted by Crippen LogP contribution is 2.46. The third-order valence-corrected chi connectivity index (χ3v) is 4.05. The van der Waals surface area contributed by atoms with Gasteiger partial charge in [0.05, 0.1) is 11.8 Å². The molecule has 1 saturated carbocycles. The van der Waals surface area contributed by atoms with Gasteiger partial charge in [-0.05, 0) is 19.8 Å². The van der Waals surface area contributed by atoms with Crippen LogP contribution < -0.4 is 0 Å².